The van der Waals surface area contributed by atoms with Crippen LogP contribution in [0.2, 0.25) is 0 Å². The van der Waals surface area contributed by atoms with E-state index in [1.54, 1.807) is 18.5 Å². The number of carbonyl (C=O) groups excluding carboxylic acids is 1. The van der Waals surface area contributed by atoms with E-state index in [4.69, 9.17) is 9.97 Å². The van der Waals surface area contributed by atoms with Crippen LogP contribution in [-0.4, -0.2) is 60.0 Å². The first-order valence-electron chi connectivity index (χ1n) is 11.2. The van der Waals surface area contributed by atoms with Crippen molar-refractivity contribution in [2.24, 2.45) is 0 Å². The quantitative estimate of drug-likeness (QED) is 0.416. The van der Waals surface area contributed by atoms with E-state index in [-0.39, 0.29) is 37.5 Å². The number of carbonyl (C=O) groups is 1. The molecule has 174 valence electrons. The van der Waals surface area contributed by atoms with Gasteiger partial charge in [-0.15, -0.1) is 0 Å². The molecule has 5 aromatic rings. The normalized spacial score (nSPS) is 15.5. The highest BCUT2D eigenvalue weighted by molar-refractivity contribution is 5.96. The summed E-state index contributed by atoms with van der Waals surface area (Å²) in [7, 11) is 0. The number of likely N-dealkylation sites (tertiary alicyclic amines) is 1. The largest absolute Gasteiger partial charge is 0.337 e. The van der Waals surface area contributed by atoms with Gasteiger partial charge in [0.15, 0.2) is 5.65 Å². The Bertz CT molecular complexity index is 1560. The van der Waals surface area contributed by atoms with Gasteiger partial charge in [-0.25, -0.2) is 28.7 Å². The standard InChI is InChI=1S/C25H19F2N7O/c26-25(27)6-8-34(9-7-25)24(35)19-11-18-20(14-28-19)32-21(15-4-2-1-3-5-15)22(31-18)16-10-17-13-30-33-23(17)29-12-16/h1-5,10-14H,6-9H2,(H,29,30,33). The SMILES string of the molecule is O=C(c1cc2nc(-c3cnc4[nH]ncc4c3)c(-c3ccccc3)nc2cn1)N1CCC(F)(F)CC1. The van der Waals surface area contributed by atoms with Crippen molar-refractivity contribution in [1.29, 1.82) is 0 Å². The van der Waals surface area contributed by atoms with Crippen LogP contribution in [0.25, 0.3) is 44.6 Å². The molecule has 0 radical (unpaired) electrons. The maximum absolute atomic E-state index is 13.5. The second-order valence-electron chi connectivity index (χ2n) is 8.53. The lowest BCUT2D eigenvalue weighted by Crippen LogP contribution is -2.43. The number of rotatable bonds is 3. The van der Waals surface area contributed by atoms with Crippen molar-refractivity contribution in [3.05, 3.63) is 66.7 Å². The van der Waals surface area contributed by atoms with Gasteiger partial charge in [0.25, 0.3) is 11.8 Å². The second-order valence-corrected chi connectivity index (χ2v) is 8.53. The van der Waals surface area contributed by atoms with Gasteiger partial charge in [-0.3, -0.25) is 9.89 Å². The van der Waals surface area contributed by atoms with E-state index in [1.165, 1.54) is 11.1 Å². The van der Waals surface area contributed by atoms with Crippen LogP contribution in [0.3, 0.4) is 0 Å². The maximum atomic E-state index is 13.5. The molecule has 1 aliphatic heterocycles. The van der Waals surface area contributed by atoms with Crippen molar-refractivity contribution >= 4 is 28.0 Å². The van der Waals surface area contributed by atoms with Crippen LogP contribution >= 0.6 is 0 Å². The summed E-state index contributed by atoms with van der Waals surface area (Å²) in [4.78, 5) is 32.8. The summed E-state index contributed by atoms with van der Waals surface area (Å²) in [6.45, 7) is -0.0163. The van der Waals surface area contributed by atoms with Gasteiger partial charge in [0.2, 0.25) is 0 Å². The van der Waals surface area contributed by atoms with Crippen molar-refractivity contribution in [2.75, 3.05) is 13.1 Å². The average Bonchev–Trinajstić information content (AvgIpc) is 3.36. The first-order chi connectivity index (χ1) is 17.0. The van der Waals surface area contributed by atoms with Gasteiger partial charge in [-0.05, 0) is 12.1 Å². The van der Waals surface area contributed by atoms with Crippen molar-refractivity contribution in [3.63, 3.8) is 0 Å². The lowest BCUT2D eigenvalue weighted by molar-refractivity contribution is -0.0495. The van der Waals surface area contributed by atoms with E-state index in [9.17, 15) is 13.6 Å². The van der Waals surface area contributed by atoms with E-state index >= 15 is 0 Å². The molecule has 0 spiro atoms. The zero-order valence-corrected chi connectivity index (χ0v) is 18.4. The third kappa shape index (κ3) is 3.96. The van der Waals surface area contributed by atoms with Gasteiger partial charge in [0.05, 0.1) is 29.3 Å². The molecule has 5 heterocycles. The summed E-state index contributed by atoms with van der Waals surface area (Å²) in [6.07, 6.45) is 4.19. The van der Waals surface area contributed by atoms with Gasteiger partial charge >= 0.3 is 0 Å². The molecule has 1 amide bonds. The van der Waals surface area contributed by atoms with Crippen LogP contribution in [-0.2, 0) is 0 Å². The number of amides is 1. The molecule has 8 nitrogen and oxygen atoms in total. The Balaban J connectivity index is 1.45. The summed E-state index contributed by atoms with van der Waals surface area (Å²) < 4.78 is 27.1. The topological polar surface area (TPSA) is 101 Å². The van der Waals surface area contributed by atoms with E-state index in [0.717, 1.165) is 16.5 Å². The molecule has 0 unspecified atom stereocenters. The Labute approximate surface area is 198 Å². The third-order valence-electron chi connectivity index (χ3n) is 6.16. The van der Waals surface area contributed by atoms with Gasteiger partial charge < -0.3 is 4.90 Å². The van der Waals surface area contributed by atoms with E-state index in [1.807, 2.05) is 36.4 Å². The highest BCUT2D eigenvalue weighted by Crippen LogP contribution is 2.32. The Morgan fingerprint density at radius 3 is 2.43 bits per heavy atom. The molecule has 1 aliphatic rings. The van der Waals surface area contributed by atoms with Gasteiger partial charge in [0, 0.05) is 48.6 Å². The number of benzene rings is 1. The Hall–Kier alpha value is -4.34. The number of aromatic nitrogens is 6. The Kier molecular flexibility index (Phi) is 4.94. The third-order valence-corrected chi connectivity index (χ3v) is 6.16. The predicted molar refractivity (Wildman–Crippen MR) is 126 cm³/mol. The number of fused-ring (bicyclic) bond motifs is 2. The van der Waals surface area contributed by atoms with Gasteiger partial charge in [-0.1, -0.05) is 30.3 Å². The summed E-state index contributed by atoms with van der Waals surface area (Å²) in [5.41, 5.74) is 4.68. The zero-order valence-electron chi connectivity index (χ0n) is 18.4. The van der Waals surface area contributed by atoms with Crippen LogP contribution < -0.4 is 0 Å². The number of piperidine rings is 1. The number of pyridine rings is 2. The van der Waals surface area contributed by atoms with Crippen molar-refractivity contribution in [3.8, 4) is 22.5 Å². The summed E-state index contributed by atoms with van der Waals surface area (Å²) >= 11 is 0. The maximum Gasteiger partial charge on any atom is 0.272 e. The minimum Gasteiger partial charge on any atom is -0.337 e. The number of aromatic amines is 1. The van der Waals surface area contributed by atoms with Crippen molar-refractivity contribution in [1.82, 2.24) is 35.0 Å². The van der Waals surface area contributed by atoms with Gasteiger partial charge in [-0.2, -0.15) is 5.10 Å². The van der Waals surface area contributed by atoms with Crippen molar-refractivity contribution < 1.29 is 13.6 Å². The lowest BCUT2D eigenvalue weighted by atomic mass is 10.0. The molecule has 1 aromatic carbocycles. The first kappa shape index (κ1) is 21.2. The Morgan fingerprint density at radius 2 is 1.63 bits per heavy atom. The number of H-pyrrole nitrogens is 1. The summed E-state index contributed by atoms with van der Waals surface area (Å²) in [6, 6.07) is 13.2. The van der Waals surface area contributed by atoms with E-state index < -0.39 is 5.92 Å². The Morgan fingerprint density at radius 1 is 0.886 bits per heavy atom. The molecule has 1 saturated heterocycles. The predicted octanol–water partition coefficient (Wildman–Crippen LogP) is 4.50. The highest BCUT2D eigenvalue weighted by atomic mass is 19.3. The zero-order chi connectivity index (χ0) is 24.0. The fourth-order valence-electron chi connectivity index (χ4n) is 4.24. The average molecular weight is 471 g/mol. The van der Waals surface area contributed by atoms with E-state index in [0.29, 0.717) is 28.1 Å². The fraction of sp³-hybridized carbons (Fsp3) is 0.200. The molecule has 0 aliphatic carbocycles. The molecule has 0 saturated carbocycles. The molecule has 1 N–H and O–H groups in total. The second kappa shape index (κ2) is 8.15. The molecule has 4 aromatic heterocycles. The van der Waals surface area contributed by atoms with Crippen LogP contribution in [0.15, 0.2) is 61.1 Å². The minimum absolute atomic E-state index is 0.00813. The van der Waals surface area contributed by atoms with Crippen LogP contribution in [0, 0.1) is 0 Å². The summed E-state index contributed by atoms with van der Waals surface area (Å²) in [5, 5.41) is 7.70. The van der Waals surface area contributed by atoms with Crippen LogP contribution in [0.4, 0.5) is 8.78 Å². The number of nitrogens with zero attached hydrogens (tertiary/aromatic N) is 6. The lowest BCUT2D eigenvalue weighted by Gasteiger charge is -2.31. The van der Waals surface area contributed by atoms with E-state index in [2.05, 4.69) is 20.2 Å². The molecular formula is C25H19F2N7O. The minimum atomic E-state index is -2.73. The fourth-order valence-corrected chi connectivity index (χ4v) is 4.24. The van der Waals surface area contributed by atoms with Crippen LogP contribution in [0.5, 0.6) is 0 Å². The molecule has 10 heteroatoms. The number of hydrogen-bond acceptors (Lipinski definition) is 6. The monoisotopic (exact) mass is 471 g/mol. The molecule has 0 atom stereocenters. The first-order valence-corrected chi connectivity index (χ1v) is 11.2. The molecule has 0 bridgehead atoms. The van der Waals surface area contributed by atoms with Crippen LogP contribution in [0.1, 0.15) is 23.3 Å². The van der Waals surface area contributed by atoms with Gasteiger partial charge in [0.1, 0.15) is 11.2 Å². The molecule has 1 fully saturated rings. The molecular weight excluding hydrogens is 452 g/mol. The number of alkyl halides is 2. The number of halogens is 2. The smallest absolute Gasteiger partial charge is 0.272 e. The number of hydrogen-bond donors (Lipinski definition) is 1. The molecule has 35 heavy (non-hydrogen) atoms. The summed E-state index contributed by atoms with van der Waals surface area (Å²) in [5.74, 6) is -3.12. The highest BCUT2D eigenvalue weighted by Gasteiger charge is 2.36. The number of nitrogens with one attached hydrogen (secondary N) is 1. The molecule has 6 rings (SSSR count). The van der Waals surface area contributed by atoms with Crippen molar-refractivity contribution in [2.45, 2.75) is 18.8 Å².